The van der Waals surface area contributed by atoms with Crippen LogP contribution in [0.1, 0.15) is 32.8 Å². The number of hydrogen-bond acceptors (Lipinski definition) is 2. The quantitative estimate of drug-likeness (QED) is 0.805. The normalized spacial score (nSPS) is 16.1. The fourth-order valence-electron chi connectivity index (χ4n) is 1.82. The fraction of sp³-hybridized carbons (Fsp3) is 0.429. The first kappa shape index (κ1) is 13.1. The highest BCUT2D eigenvalue weighted by Gasteiger charge is 2.30. The van der Waals surface area contributed by atoms with Crippen LogP contribution < -0.4 is 0 Å². The SMILES string of the molecule is CC(C)(C)C1=NN(Cc2cccc(Cl)c2)C(=O)C1. The predicted molar refractivity (Wildman–Crippen MR) is 73.5 cm³/mol. The standard InChI is InChI=1S/C14H17ClN2O/c1-14(2,3)12-8-13(18)17(16-12)9-10-5-4-6-11(15)7-10/h4-7H,8-9H2,1-3H3. The van der Waals surface area contributed by atoms with Crippen molar-refractivity contribution in [2.45, 2.75) is 33.7 Å². The highest BCUT2D eigenvalue weighted by atomic mass is 35.5. The second-order valence-corrected chi connectivity index (χ2v) is 5.99. The van der Waals surface area contributed by atoms with E-state index in [9.17, 15) is 4.79 Å². The summed E-state index contributed by atoms with van der Waals surface area (Å²) in [6, 6.07) is 7.51. The third-order valence-corrected chi connectivity index (χ3v) is 3.17. The number of halogens is 1. The van der Waals surface area contributed by atoms with Gasteiger partial charge in [-0.3, -0.25) is 4.79 Å². The topological polar surface area (TPSA) is 32.7 Å². The maximum Gasteiger partial charge on any atom is 0.248 e. The second kappa shape index (κ2) is 4.73. The lowest BCUT2D eigenvalue weighted by molar-refractivity contribution is -0.129. The van der Waals surface area contributed by atoms with Gasteiger partial charge in [0.25, 0.3) is 0 Å². The average molecular weight is 265 g/mol. The molecule has 1 aliphatic rings. The zero-order chi connectivity index (χ0) is 13.3. The lowest BCUT2D eigenvalue weighted by Gasteiger charge is -2.16. The van der Waals surface area contributed by atoms with Gasteiger partial charge in [0, 0.05) is 10.4 Å². The molecule has 0 spiro atoms. The molecular weight excluding hydrogens is 248 g/mol. The van der Waals surface area contributed by atoms with Crippen molar-refractivity contribution in [1.29, 1.82) is 0 Å². The largest absolute Gasteiger partial charge is 0.273 e. The Balaban J connectivity index is 2.15. The summed E-state index contributed by atoms with van der Waals surface area (Å²) in [5.74, 6) is 0.0555. The molecule has 0 aliphatic carbocycles. The highest BCUT2D eigenvalue weighted by Crippen LogP contribution is 2.25. The molecule has 0 atom stereocenters. The minimum absolute atomic E-state index is 0.0555. The third-order valence-electron chi connectivity index (χ3n) is 2.94. The minimum Gasteiger partial charge on any atom is -0.273 e. The van der Waals surface area contributed by atoms with E-state index in [1.165, 1.54) is 5.01 Å². The molecule has 1 amide bonds. The molecule has 1 heterocycles. The second-order valence-electron chi connectivity index (χ2n) is 5.55. The van der Waals surface area contributed by atoms with E-state index >= 15 is 0 Å². The summed E-state index contributed by atoms with van der Waals surface area (Å²) >= 11 is 5.93. The molecule has 18 heavy (non-hydrogen) atoms. The van der Waals surface area contributed by atoms with Gasteiger partial charge >= 0.3 is 0 Å². The Bertz CT molecular complexity index is 503. The van der Waals surface area contributed by atoms with Crippen LogP contribution in [0.5, 0.6) is 0 Å². The summed E-state index contributed by atoms with van der Waals surface area (Å²) in [5, 5.41) is 6.64. The van der Waals surface area contributed by atoms with Crippen molar-refractivity contribution in [3.8, 4) is 0 Å². The molecular formula is C14H17ClN2O. The number of hydrazone groups is 1. The van der Waals surface area contributed by atoms with Gasteiger partial charge in [-0.1, -0.05) is 44.5 Å². The summed E-state index contributed by atoms with van der Waals surface area (Å²) in [6.45, 7) is 6.70. The first-order valence-electron chi connectivity index (χ1n) is 5.99. The molecule has 96 valence electrons. The van der Waals surface area contributed by atoms with Gasteiger partial charge in [-0.2, -0.15) is 5.10 Å². The van der Waals surface area contributed by atoms with Crippen molar-refractivity contribution in [1.82, 2.24) is 5.01 Å². The zero-order valence-corrected chi connectivity index (χ0v) is 11.7. The number of rotatable bonds is 2. The number of benzene rings is 1. The maximum atomic E-state index is 11.9. The molecule has 3 nitrogen and oxygen atoms in total. The summed E-state index contributed by atoms with van der Waals surface area (Å²) < 4.78 is 0. The molecule has 1 aromatic rings. The molecule has 0 radical (unpaired) electrons. The number of carbonyl (C=O) groups is 1. The van der Waals surface area contributed by atoms with E-state index in [0.29, 0.717) is 18.0 Å². The smallest absolute Gasteiger partial charge is 0.248 e. The van der Waals surface area contributed by atoms with Gasteiger partial charge in [0.1, 0.15) is 0 Å². The number of amides is 1. The molecule has 0 unspecified atom stereocenters. The minimum atomic E-state index is -0.0568. The lowest BCUT2D eigenvalue weighted by Crippen LogP contribution is -2.20. The molecule has 0 saturated heterocycles. The van der Waals surface area contributed by atoms with Crippen molar-refractivity contribution in [2.75, 3.05) is 0 Å². The maximum absolute atomic E-state index is 11.9. The Labute approximate surface area is 112 Å². The zero-order valence-electron chi connectivity index (χ0n) is 10.9. The van der Waals surface area contributed by atoms with Crippen molar-refractivity contribution >= 4 is 23.2 Å². The Morgan fingerprint density at radius 2 is 2.11 bits per heavy atom. The van der Waals surface area contributed by atoms with Crippen LogP contribution >= 0.6 is 11.6 Å². The van der Waals surface area contributed by atoms with E-state index in [4.69, 9.17) is 11.6 Å². The molecule has 4 heteroatoms. The monoisotopic (exact) mass is 264 g/mol. The molecule has 0 aromatic heterocycles. The Hall–Kier alpha value is -1.35. The predicted octanol–water partition coefficient (Wildman–Crippen LogP) is 3.47. The fourth-order valence-corrected chi connectivity index (χ4v) is 2.03. The number of nitrogens with zero attached hydrogens (tertiary/aromatic N) is 2. The van der Waals surface area contributed by atoms with Gasteiger partial charge in [-0.05, 0) is 17.7 Å². The van der Waals surface area contributed by atoms with Crippen LogP contribution in [0.2, 0.25) is 5.02 Å². The summed E-state index contributed by atoms with van der Waals surface area (Å²) in [5.41, 5.74) is 1.88. The summed E-state index contributed by atoms with van der Waals surface area (Å²) in [7, 11) is 0. The third kappa shape index (κ3) is 2.91. The van der Waals surface area contributed by atoms with E-state index in [1.54, 1.807) is 0 Å². The first-order chi connectivity index (χ1) is 8.36. The summed E-state index contributed by atoms with van der Waals surface area (Å²) in [4.78, 5) is 11.9. The summed E-state index contributed by atoms with van der Waals surface area (Å²) in [6.07, 6.45) is 0.421. The Morgan fingerprint density at radius 3 is 2.67 bits per heavy atom. The first-order valence-corrected chi connectivity index (χ1v) is 6.37. The van der Waals surface area contributed by atoms with Gasteiger partial charge in [0.15, 0.2) is 0 Å². The van der Waals surface area contributed by atoms with Crippen LogP contribution in [0.3, 0.4) is 0 Å². The molecule has 1 aliphatic heterocycles. The van der Waals surface area contributed by atoms with Crippen molar-refractivity contribution in [2.24, 2.45) is 10.5 Å². The van der Waals surface area contributed by atoms with Gasteiger partial charge in [0.05, 0.1) is 18.7 Å². The van der Waals surface area contributed by atoms with Gasteiger partial charge < -0.3 is 0 Å². The van der Waals surface area contributed by atoms with E-state index < -0.39 is 0 Å². The van der Waals surface area contributed by atoms with E-state index in [2.05, 4.69) is 25.9 Å². The molecule has 0 fully saturated rings. The van der Waals surface area contributed by atoms with E-state index in [-0.39, 0.29) is 11.3 Å². The molecule has 2 rings (SSSR count). The molecule has 0 bridgehead atoms. The van der Waals surface area contributed by atoms with Crippen LogP contribution in [0.4, 0.5) is 0 Å². The van der Waals surface area contributed by atoms with Crippen molar-refractivity contribution < 1.29 is 4.79 Å². The molecule has 1 aromatic carbocycles. The molecule has 0 saturated carbocycles. The van der Waals surface area contributed by atoms with Crippen LogP contribution in [0.25, 0.3) is 0 Å². The van der Waals surface area contributed by atoms with Gasteiger partial charge in [-0.25, -0.2) is 5.01 Å². The Morgan fingerprint density at radius 1 is 1.39 bits per heavy atom. The van der Waals surface area contributed by atoms with Gasteiger partial charge in [0.2, 0.25) is 5.91 Å². The van der Waals surface area contributed by atoms with E-state index in [1.807, 2.05) is 24.3 Å². The highest BCUT2D eigenvalue weighted by molar-refractivity contribution is 6.30. The van der Waals surface area contributed by atoms with Gasteiger partial charge in [-0.15, -0.1) is 0 Å². The van der Waals surface area contributed by atoms with Crippen molar-refractivity contribution in [3.63, 3.8) is 0 Å². The molecule has 0 N–H and O–H groups in total. The number of hydrogen-bond donors (Lipinski definition) is 0. The lowest BCUT2D eigenvalue weighted by atomic mass is 9.88. The number of carbonyl (C=O) groups excluding carboxylic acids is 1. The van der Waals surface area contributed by atoms with Crippen LogP contribution in [0.15, 0.2) is 29.4 Å². The van der Waals surface area contributed by atoms with E-state index in [0.717, 1.165) is 11.3 Å². The average Bonchev–Trinajstić information content (AvgIpc) is 2.60. The van der Waals surface area contributed by atoms with Crippen LogP contribution in [-0.2, 0) is 11.3 Å². The van der Waals surface area contributed by atoms with Crippen LogP contribution in [-0.4, -0.2) is 16.6 Å². The van der Waals surface area contributed by atoms with Crippen molar-refractivity contribution in [3.05, 3.63) is 34.9 Å². The Kier molecular flexibility index (Phi) is 3.44. The van der Waals surface area contributed by atoms with Crippen LogP contribution in [0, 0.1) is 5.41 Å².